The number of carboxylic acids is 1. The summed E-state index contributed by atoms with van der Waals surface area (Å²) >= 11 is 0. The van der Waals surface area contributed by atoms with Gasteiger partial charge in [-0.05, 0) is 32.2 Å². The molecule has 3 rings (SSSR count). The highest BCUT2D eigenvalue weighted by molar-refractivity contribution is 5.73. The van der Waals surface area contributed by atoms with Gasteiger partial charge in [0.25, 0.3) is 0 Å². The number of nitrogens with two attached hydrogens (primary N) is 1. The summed E-state index contributed by atoms with van der Waals surface area (Å²) in [6, 6.07) is 1.93. The normalized spacial score (nSPS) is 22.9. The number of piperidine rings is 1. The van der Waals surface area contributed by atoms with E-state index in [1.165, 1.54) is 0 Å². The van der Waals surface area contributed by atoms with Gasteiger partial charge in [0.2, 0.25) is 0 Å². The Kier molecular flexibility index (Phi) is 6.84. The van der Waals surface area contributed by atoms with E-state index in [0.29, 0.717) is 11.9 Å². The molecule has 2 aliphatic heterocycles. The molecule has 3 N–H and O–H groups in total. The number of anilines is 1. The lowest BCUT2D eigenvalue weighted by molar-refractivity contribution is -0.146. The summed E-state index contributed by atoms with van der Waals surface area (Å²) in [5.74, 6) is 0.621. The van der Waals surface area contributed by atoms with Crippen LogP contribution in [0, 0.1) is 0 Å². The summed E-state index contributed by atoms with van der Waals surface area (Å²) in [5, 5.41) is 12.8. The van der Waals surface area contributed by atoms with Crippen LogP contribution in [-0.4, -0.2) is 53.0 Å². The van der Waals surface area contributed by atoms with Gasteiger partial charge in [-0.3, -0.25) is 9.69 Å². The van der Waals surface area contributed by atoms with Gasteiger partial charge in [0.1, 0.15) is 11.8 Å². The summed E-state index contributed by atoms with van der Waals surface area (Å²) < 4.78 is 10.3. The van der Waals surface area contributed by atoms with Crippen molar-refractivity contribution in [1.29, 1.82) is 0 Å². The van der Waals surface area contributed by atoms with Crippen LogP contribution in [-0.2, 0) is 14.9 Å². The number of carbonyl (C=O) groups is 1. The van der Waals surface area contributed by atoms with Gasteiger partial charge in [-0.25, -0.2) is 0 Å². The number of rotatable bonds is 2. The van der Waals surface area contributed by atoms with Gasteiger partial charge in [-0.15, -0.1) is 0 Å². The third-order valence-corrected chi connectivity index (χ3v) is 4.76. The minimum Gasteiger partial charge on any atom is -0.480 e. The van der Waals surface area contributed by atoms with E-state index in [2.05, 4.69) is 10.1 Å². The van der Waals surface area contributed by atoms with E-state index in [-0.39, 0.29) is 11.5 Å². The molecule has 2 aliphatic rings. The lowest BCUT2D eigenvalue weighted by atomic mass is 9.93. The van der Waals surface area contributed by atoms with Crippen molar-refractivity contribution >= 4 is 11.8 Å². The van der Waals surface area contributed by atoms with Gasteiger partial charge in [-0.2, -0.15) is 0 Å². The molecule has 1 atom stereocenters. The predicted octanol–water partition coefficient (Wildman–Crippen LogP) is 2.66. The lowest BCUT2D eigenvalue weighted by Crippen LogP contribution is -2.51. The zero-order chi connectivity index (χ0) is 18.4. The molecule has 0 aliphatic carbocycles. The largest absolute Gasteiger partial charge is 0.480 e. The molecule has 25 heavy (non-hydrogen) atoms. The summed E-state index contributed by atoms with van der Waals surface area (Å²) in [6.45, 7) is 8.66. The van der Waals surface area contributed by atoms with Crippen molar-refractivity contribution in [1.82, 2.24) is 10.1 Å². The minimum absolute atomic E-state index is 0.00458. The maximum Gasteiger partial charge on any atom is 0.320 e. The second-order valence-electron chi connectivity index (χ2n) is 7.80. The van der Waals surface area contributed by atoms with Crippen molar-refractivity contribution in [3.63, 3.8) is 0 Å². The summed E-state index contributed by atoms with van der Waals surface area (Å²) in [7, 11) is 0. The van der Waals surface area contributed by atoms with Crippen LogP contribution in [0.5, 0.6) is 0 Å². The second kappa shape index (κ2) is 8.67. The molecule has 7 nitrogen and oxygen atoms in total. The first-order chi connectivity index (χ1) is 11.8. The molecule has 0 spiro atoms. The molecule has 3 heterocycles. The number of aliphatic carboxylic acids is 1. The molecule has 0 amide bonds. The Morgan fingerprint density at radius 1 is 1.28 bits per heavy atom. The van der Waals surface area contributed by atoms with E-state index in [4.69, 9.17) is 20.1 Å². The van der Waals surface area contributed by atoms with E-state index in [1.807, 2.05) is 20.8 Å². The van der Waals surface area contributed by atoms with E-state index >= 15 is 0 Å². The first-order valence-electron chi connectivity index (χ1n) is 9.08. The zero-order valence-electron chi connectivity index (χ0n) is 15.5. The van der Waals surface area contributed by atoms with Crippen molar-refractivity contribution < 1.29 is 19.2 Å². The summed E-state index contributed by atoms with van der Waals surface area (Å²) in [6.07, 6.45) is 4.98. The maximum atomic E-state index is 11.1. The van der Waals surface area contributed by atoms with Gasteiger partial charge in [0.05, 0.1) is 0 Å². The molecule has 2 saturated heterocycles. The van der Waals surface area contributed by atoms with E-state index in [1.54, 1.807) is 6.07 Å². The molecule has 142 valence electrons. The Labute approximate surface area is 149 Å². The van der Waals surface area contributed by atoms with Crippen LogP contribution in [0.15, 0.2) is 10.6 Å². The molecule has 1 aromatic heterocycles. The monoisotopic (exact) mass is 353 g/mol. The van der Waals surface area contributed by atoms with Crippen LogP contribution in [0.25, 0.3) is 0 Å². The molecular weight excluding hydrogens is 322 g/mol. The molecule has 7 heteroatoms. The summed E-state index contributed by atoms with van der Waals surface area (Å²) in [5.41, 5.74) is 5.38. The third-order valence-electron chi connectivity index (χ3n) is 4.76. The Morgan fingerprint density at radius 2 is 1.96 bits per heavy atom. The highest BCUT2D eigenvalue weighted by Crippen LogP contribution is 2.25. The molecule has 1 aromatic rings. The van der Waals surface area contributed by atoms with Crippen LogP contribution in [0.2, 0.25) is 0 Å². The Balaban J connectivity index is 0.000000196. The minimum atomic E-state index is -0.652. The standard InChI is InChI=1S/C11H19NO3.C7H12N2O/c13-11(14)10-3-1-2-6-12(10)9-4-7-15-8-5-9;1-7(2,3)5-4-6(8)9-10-5/h9-10H,1-8H2,(H,13,14);4H,1-3H3,(H2,8,9)/t10-;/m0./s1. The topological polar surface area (TPSA) is 102 Å². The van der Waals surface area contributed by atoms with Gasteiger partial charge < -0.3 is 20.1 Å². The van der Waals surface area contributed by atoms with Crippen LogP contribution in [0.4, 0.5) is 5.82 Å². The van der Waals surface area contributed by atoms with Crippen molar-refractivity contribution in [3.05, 3.63) is 11.8 Å². The number of aromatic nitrogens is 1. The number of hydrogen-bond donors (Lipinski definition) is 2. The van der Waals surface area contributed by atoms with E-state index in [0.717, 1.165) is 57.6 Å². The van der Waals surface area contributed by atoms with Crippen molar-refractivity contribution in [2.45, 2.75) is 70.4 Å². The number of hydrogen-bond acceptors (Lipinski definition) is 6. The van der Waals surface area contributed by atoms with Gasteiger partial charge in [0.15, 0.2) is 5.82 Å². The van der Waals surface area contributed by atoms with Crippen LogP contribution in [0.3, 0.4) is 0 Å². The quantitative estimate of drug-likeness (QED) is 0.842. The molecule has 0 bridgehead atoms. The number of likely N-dealkylation sites (tertiary alicyclic amines) is 1. The van der Waals surface area contributed by atoms with Crippen molar-refractivity contribution in [2.24, 2.45) is 0 Å². The Morgan fingerprint density at radius 3 is 2.44 bits per heavy atom. The van der Waals surface area contributed by atoms with Crippen LogP contribution < -0.4 is 5.73 Å². The number of nitrogen functional groups attached to an aromatic ring is 1. The molecule has 2 fully saturated rings. The highest BCUT2D eigenvalue weighted by atomic mass is 16.5. The number of carboxylic acid groups (broad SMARTS) is 1. The van der Waals surface area contributed by atoms with E-state index < -0.39 is 5.97 Å². The van der Waals surface area contributed by atoms with E-state index in [9.17, 15) is 4.79 Å². The van der Waals surface area contributed by atoms with Crippen LogP contribution >= 0.6 is 0 Å². The predicted molar refractivity (Wildman–Crippen MR) is 95.4 cm³/mol. The third kappa shape index (κ3) is 5.71. The lowest BCUT2D eigenvalue weighted by Gasteiger charge is -2.40. The smallest absolute Gasteiger partial charge is 0.320 e. The number of nitrogens with zero attached hydrogens (tertiary/aromatic N) is 2. The zero-order valence-corrected chi connectivity index (χ0v) is 15.5. The van der Waals surface area contributed by atoms with Crippen LogP contribution in [0.1, 0.15) is 58.6 Å². The SMILES string of the molecule is CC(C)(C)c1cc(N)no1.O=C(O)[C@@H]1CCCCN1C1CCOCC1. The Hall–Kier alpha value is -1.60. The molecule has 0 aromatic carbocycles. The maximum absolute atomic E-state index is 11.1. The Bertz CT molecular complexity index is 547. The fourth-order valence-electron chi connectivity index (χ4n) is 3.32. The summed E-state index contributed by atoms with van der Waals surface area (Å²) in [4.78, 5) is 13.3. The second-order valence-corrected chi connectivity index (χ2v) is 7.80. The average molecular weight is 353 g/mol. The van der Waals surface area contributed by atoms with Gasteiger partial charge in [0, 0.05) is 30.7 Å². The fraction of sp³-hybridized carbons (Fsp3) is 0.778. The molecular formula is C18H31N3O4. The van der Waals surface area contributed by atoms with Gasteiger partial charge in [-0.1, -0.05) is 32.3 Å². The van der Waals surface area contributed by atoms with Gasteiger partial charge >= 0.3 is 5.97 Å². The average Bonchev–Trinajstić information content (AvgIpc) is 3.03. The fourth-order valence-corrected chi connectivity index (χ4v) is 3.32. The molecule has 0 radical (unpaired) electrons. The van der Waals surface area contributed by atoms with Crippen molar-refractivity contribution in [2.75, 3.05) is 25.5 Å². The molecule has 0 unspecified atom stereocenters. The number of ether oxygens (including phenoxy) is 1. The van der Waals surface area contributed by atoms with Crippen molar-refractivity contribution in [3.8, 4) is 0 Å². The first-order valence-corrected chi connectivity index (χ1v) is 9.08. The first kappa shape index (κ1) is 19.7. The molecule has 0 saturated carbocycles. The highest BCUT2D eigenvalue weighted by Gasteiger charge is 2.33.